The van der Waals surface area contributed by atoms with Gasteiger partial charge in [0.1, 0.15) is 5.82 Å². The minimum atomic E-state index is -1.19. The van der Waals surface area contributed by atoms with Crippen molar-refractivity contribution in [3.8, 4) is 0 Å². The summed E-state index contributed by atoms with van der Waals surface area (Å²) in [5, 5.41) is 13.4. The molecule has 0 unspecified atom stereocenters. The molecule has 0 saturated heterocycles. The van der Waals surface area contributed by atoms with Crippen LogP contribution >= 0.6 is 27.3 Å². The molecule has 2 rings (SSSR count). The van der Waals surface area contributed by atoms with Crippen molar-refractivity contribution in [2.45, 2.75) is 13.5 Å². The van der Waals surface area contributed by atoms with Crippen LogP contribution in [0.5, 0.6) is 0 Å². The van der Waals surface area contributed by atoms with Crippen molar-refractivity contribution in [2.24, 2.45) is 0 Å². The van der Waals surface area contributed by atoms with E-state index >= 15 is 0 Å². The lowest BCUT2D eigenvalue weighted by Gasteiger charge is -2.06. The van der Waals surface area contributed by atoms with Gasteiger partial charge in [-0.2, -0.15) is 4.39 Å². The molecular weight excluding hydrogens is 354 g/mol. The molecule has 20 heavy (non-hydrogen) atoms. The second-order valence-corrected chi connectivity index (χ2v) is 6.21. The molecule has 0 aliphatic carbocycles. The van der Waals surface area contributed by atoms with Crippen LogP contribution in [0.3, 0.4) is 0 Å². The summed E-state index contributed by atoms with van der Waals surface area (Å²) in [6.07, 6.45) is 0. The van der Waals surface area contributed by atoms with E-state index in [1.165, 1.54) is 11.3 Å². The molecule has 8 heteroatoms. The second kappa shape index (κ2) is 5.84. The van der Waals surface area contributed by atoms with E-state index in [1.54, 1.807) is 0 Å². The minimum absolute atomic E-state index is 0.0970. The van der Waals surface area contributed by atoms with Crippen molar-refractivity contribution in [1.82, 2.24) is 0 Å². The molecule has 4 nitrogen and oxygen atoms in total. The first kappa shape index (κ1) is 14.9. The maximum Gasteiger partial charge on any atom is 0.307 e. The molecule has 1 aromatic heterocycles. The molecule has 0 saturated carbocycles. The van der Waals surface area contributed by atoms with Gasteiger partial charge in [-0.25, -0.2) is 4.39 Å². The van der Waals surface area contributed by atoms with Crippen LogP contribution in [-0.4, -0.2) is 4.92 Å². The number of nitro groups is 1. The number of hydrogen-bond acceptors (Lipinski definition) is 4. The maximum absolute atomic E-state index is 13.6. The van der Waals surface area contributed by atoms with Gasteiger partial charge in [0, 0.05) is 32.9 Å². The quantitative estimate of drug-likeness (QED) is 0.637. The van der Waals surface area contributed by atoms with Crippen LogP contribution in [0.4, 0.5) is 20.2 Å². The molecule has 0 radical (unpaired) electrons. The zero-order chi connectivity index (χ0) is 14.9. The Balaban J connectivity index is 2.21. The Hall–Kier alpha value is -1.54. The molecular formula is C12H9BrF2N2O2S. The first-order chi connectivity index (χ1) is 9.38. The number of nitrogens with zero attached hydrogens (tertiary/aromatic N) is 1. The third kappa shape index (κ3) is 3.13. The van der Waals surface area contributed by atoms with Crippen LogP contribution in [0.1, 0.15) is 9.75 Å². The summed E-state index contributed by atoms with van der Waals surface area (Å²) in [7, 11) is 0. The normalized spacial score (nSPS) is 10.6. The summed E-state index contributed by atoms with van der Waals surface area (Å²) in [4.78, 5) is 11.7. The van der Waals surface area contributed by atoms with E-state index in [0.29, 0.717) is 12.6 Å². The van der Waals surface area contributed by atoms with E-state index in [2.05, 4.69) is 21.2 Å². The number of anilines is 1. The molecule has 1 aromatic carbocycles. The topological polar surface area (TPSA) is 55.2 Å². The van der Waals surface area contributed by atoms with E-state index in [0.717, 1.165) is 20.3 Å². The molecule has 2 aromatic rings. The average molecular weight is 363 g/mol. The van der Waals surface area contributed by atoms with E-state index in [1.807, 2.05) is 13.0 Å². The van der Waals surface area contributed by atoms with Crippen LogP contribution in [-0.2, 0) is 6.54 Å². The van der Waals surface area contributed by atoms with Crippen molar-refractivity contribution < 1.29 is 13.7 Å². The van der Waals surface area contributed by atoms with Gasteiger partial charge >= 0.3 is 5.69 Å². The number of nitro benzene ring substituents is 1. The van der Waals surface area contributed by atoms with Gasteiger partial charge in [0.15, 0.2) is 0 Å². The SMILES string of the molecule is Cc1sc(CNc2cc([N+](=O)[O-])c(F)cc2F)cc1Br. The highest BCUT2D eigenvalue weighted by atomic mass is 79.9. The van der Waals surface area contributed by atoms with Gasteiger partial charge < -0.3 is 5.32 Å². The smallest absolute Gasteiger partial charge is 0.307 e. The zero-order valence-electron chi connectivity index (χ0n) is 10.2. The summed E-state index contributed by atoms with van der Waals surface area (Å²) < 4.78 is 27.7. The van der Waals surface area contributed by atoms with E-state index < -0.39 is 22.2 Å². The Bertz CT molecular complexity index is 656. The van der Waals surface area contributed by atoms with Crippen molar-refractivity contribution >= 4 is 38.6 Å². The third-order valence-corrected chi connectivity index (χ3v) is 4.73. The fourth-order valence-electron chi connectivity index (χ4n) is 1.60. The van der Waals surface area contributed by atoms with Gasteiger partial charge in [0.2, 0.25) is 5.82 Å². The lowest BCUT2D eigenvalue weighted by molar-refractivity contribution is -0.387. The highest BCUT2D eigenvalue weighted by Crippen LogP contribution is 2.29. The monoisotopic (exact) mass is 362 g/mol. The van der Waals surface area contributed by atoms with Crippen LogP contribution in [0.2, 0.25) is 0 Å². The standard InChI is InChI=1S/C12H9BrF2N2O2S/c1-6-8(13)2-7(20-6)5-16-11-4-12(17(18)19)10(15)3-9(11)14/h2-4,16H,5H2,1H3. The predicted octanol–water partition coefficient (Wildman–Crippen LogP) is 4.62. The van der Waals surface area contributed by atoms with Gasteiger partial charge in [-0.1, -0.05) is 0 Å². The van der Waals surface area contributed by atoms with Crippen LogP contribution in [0.15, 0.2) is 22.7 Å². The number of benzene rings is 1. The number of thiophene rings is 1. The molecule has 0 aliphatic rings. The van der Waals surface area contributed by atoms with Crippen molar-refractivity contribution in [2.75, 3.05) is 5.32 Å². The number of hydrogen-bond donors (Lipinski definition) is 1. The Morgan fingerprint density at radius 1 is 1.35 bits per heavy atom. The van der Waals surface area contributed by atoms with Gasteiger partial charge in [0.25, 0.3) is 0 Å². The van der Waals surface area contributed by atoms with E-state index in [4.69, 9.17) is 0 Å². The summed E-state index contributed by atoms with van der Waals surface area (Å²) in [5.74, 6) is -2.05. The number of aryl methyl sites for hydroxylation is 1. The zero-order valence-corrected chi connectivity index (χ0v) is 12.6. The summed E-state index contributed by atoms with van der Waals surface area (Å²) in [6.45, 7) is 2.23. The Morgan fingerprint density at radius 2 is 2.05 bits per heavy atom. The maximum atomic E-state index is 13.6. The molecule has 0 atom stereocenters. The van der Waals surface area contributed by atoms with Crippen molar-refractivity contribution in [3.63, 3.8) is 0 Å². The van der Waals surface area contributed by atoms with E-state index in [9.17, 15) is 18.9 Å². The van der Waals surface area contributed by atoms with Crippen molar-refractivity contribution in [1.29, 1.82) is 0 Å². The number of halogens is 3. The number of nitrogens with one attached hydrogen (secondary N) is 1. The van der Waals surface area contributed by atoms with Crippen LogP contribution in [0, 0.1) is 28.7 Å². The summed E-state index contributed by atoms with van der Waals surface area (Å²) in [6, 6.07) is 3.25. The van der Waals surface area contributed by atoms with Gasteiger partial charge in [0.05, 0.1) is 10.6 Å². The molecule has 1 heterocycles. The van der Waals surface area contributed by atoms with Gasteiger partial charge in [-0.15, -0.1) is 11.3 Å². The molecule has 106 valence electrons. The summed E-state index contributed by atoms with van der Waals surface area (Å²) >= 11 is 4.88. The van der Waals surface area contributed by atoms with E-state index in [-0.39, 0.29) is 5.69 Å². The Labute approximate surface area is 125 Å². The first-order valence-electron chi connectivity index (χ1n) is 5.50. The van der Waals surface area contributed by atoms with Gasteiger partial charge in [-0.05, 0) is 28.9 Å². The third-order valence-electron chi connectivity index (χ3n) is 2.59. The summed E-state index contributed by atoms with van der Waals surface area (Å²) in [5.41, 5.74) is -0.849. The van der Waals surface area contributed by atoms with Crippen molar-refractivity contribution in [3.05, 3.63) is 54.2 Å². The van der Waals surface area contributed by atoms with Gasteiger partial charge in [-0.3, -0.25) is 10.1 Å². The lowest BCUT2D eigenvalue weighted by atomic mass is 10.2. The number of rotatable bonds is 4. The fourth-order valence-corrected chi connectivity index (χ4v) is 3.14. The largest absolute Gasteiger partial charge is 0.378 e. The highest BCUT2D eigenvalue weighted by Gasteiger charge is 2.18. The second-order valence-electron chi connectivity index (χ2n) is 4.01. The molecule has 0 amide bonds. The molecule has 0 bridgehead atoms. The van der Waals surface area contributed by atoms with Crippen LogP contribution < -0.4 is 5.32 Å². The molecule has 1 N–H and O–H groups in total. The Morgan fingerprint density at radius 3 is 2.60 bits per heavy atom. The van der Waals surface area contributed by atoms with Crippen LogP contribution in [0.25, 0.3) is 0 Å². The fraction of sp³-hybridized carbons (Fsp3) is 0.167. The molecule has 0 fully saturated rings. The average Bonchev–Trinajstić information content (AvgIpc) is 2.67. The Kier molecular flexibility index (Phi) is 4.34. The predicted molar refractivity (Wildman–Crippen MR) is 77.1 cm³/mol. The first-order valence-corrected chi connectivity index (χ1v) is 7.11. The minimum Gasteiger partial charge on any atom is -0.378 e. The molecule has 0 spiro atoms. The lowest BCUT2D eigenvalue weighted by Crippen LogP contribution is -2.02. The highest BCUT2D eigenvalue weighted by molar-refractivity contribution is 9.10. The molecule has 0 aliphatic heterocycles.